The van der Waals surface area contributed by atoms with Crippen LogP contribution in [0.3, 0.4) is 0 Å². The second-order valence-corrected chi connectivity index (χ2v) is 5.28. The molecule has 0 aliphatic rings. The first kappa shape index (κ1) is 17.8. The van der Waals surface area contributed by atoms with Crippen LogP contribution in [0.1, 0.15) is 26.3 Å². The van der Waals surface area contributed by atoms with Gasteiger partial charge in [-0.1, -0.05) is 32.0 Å². The van der Waals surface area contributed by atoms with Gasteiger partial charge in [0.1, 0.15) is 5.75 Å². The van der Waals surface area contributed by atoms with Crippen LogP contribution in [-0.2, 0) is 14.3 Å². The monoisotopic (exact) mass is 305 g/mol. The van der Waals surface area contributed by atoms with Crippen molar-refractivity contribution in [2.75, 3.05) is 13.7 Å². The molecule has 5 heteroatoms. The molecule has 0 aliphatic heterocycles. The Kier molecular flexibility index (Phi) is 7.16. The second-order valence-electron chi connectivity index (χ2n) is 5.28. The number of rotatable bonds is 7. The molecule has 0 saturated carbocycles. The smallest absolute Gasteiger partial charge is 0.331 e. The first-order chi connectivity index (χ1) is 10.4. The number of carbonyl (C=O) groups is 2. The molecule has 1 aromatic rings. The maximum atomic E-state index is 11.6. The lowest BCUT2D eigenvalue weighted by Crippen LogP contribution is -2.38. The molecule has 22 heavy (non-hydrogen) atoms. The molecule has 0 heterocycles. The summed E-state index contributed by atoms with van der Waals surface area (Å²) in [4.78, 5) is 23.2. The summed E-state index contributed by atoms with van der Waals surface area (Å²) in [5.41, 5.74) is 0.764. The van der Waals surface area contributed by atoms with Crippen LogP contribution in [0.15, 0.2) is 30.3 Å². The Hall–Kier alpha value is -2.30. The summed E-state index contributed by atoms with van der Waals surface area (Å²) < 4.78 is 10.1. The number of hydrogen-bond acceptors (Lipinski definition) is 4. The van der Waals surface area contributed by atoms with Crippen molar-refractivity contribution >= 4 is 18.0 Å². The molecule has 0 fully saturated rings. The topological polar surface area (TPSA) is 64.6 Å². The first-order valence-electron chi connectivity index (χ1n) is 7.21. The first-order valence-corrected chi connectivity index (χ1v) is 7.21. The number of benzene rings is 1. The van der Waals surface area contributed by atoms with E-state index in [9.17, 15) is 9.59 Å². The summed E-state index contributed by atoms with van der Waals surface area (Å²) in [6.07, 6.45) is 2.87. The van der Waals surface area contributed by atoms with Crippen molar-refractivity contribution in [1.29, 1.82) is 0 Å². The normalized spacial score (nSPS) is 12.2. The molecule has 0 aliphatic carbocycles. The third kappa shape index (κ3) is 5.99. The molecule has 1 atom stereocenters. The number of hydrogen-bond donors (Lipinski definition) is 1. The Morgan fingerprint density at radius 2 is 1.91 bits per heavy atom. The fourth-order valence-corrected chi connectivity index (χ4v) is 1.61. The summed E-state index contributed by atoms with van der Waals surface area (Å²) in [5, 5.41) is 2.77. The van der Waals surface area contributed by atoms with Crippen LogP contribution in [0.4, 0.5) is 0 Å². The Morgan fingerprint density at radius 3 is 2.55 bits per heavy atom. The maximum Gasteiger partial charge on any atom is 0.331 e. The van der Waals surface area contributed by atoms with Crippen LogP contribution >= 0.6 is 0 Å². The molecular formula is C17H23NO4. The fourth-order valence-electron chi connectivity index (χ4n) is 1.61. The molecule has 0 saturated heterocycles. The van der Waals surface area contributed by atoms with Crippen molar-refractivity contribution in [3.05, 3.63) is 35.9 Å². The Labute approximate surface area is 131 Å². The van der Waals surface area contributed by atoms with Crippen LogP contribution in [-0.4, -0.2) is 31.6 Å². The predicted molar refractivity (Wildman–Crippen MR) is 85.4 cm³/mol. The van der Waals surface area contributed by atoms with Crippen molar-refractivity contribution in [2.45, 2.75) is 26.8 Å². The minimum Gasteiger partial charge on any atom is -0.496 e. The predicted octanol–water partition coefficient (Wildman–Crippen LogP) is 2.41. The van der Waals surface area contributed by atoms with Gasteiger partial charge in [0.05, 0.1) is 7.11 Å². The number of nitrogens with one attached hydrogen (secondary N) is 1. The van der Waals surface area contributed by atoms with E-state index in [2.05, 4.69) is 5.32 Å². The zero-order valence-corrected chi connectivity index (χ0v) is 13.5. The third-order valence-electron chi connectivity index (χ3n) is 3.27. The highest BCUT2D eigenvalue weighted by molar-refractivity contribution is 5.89. The van der Waals surface area contributed by atoms with Gasteiger partial charge in [-0.05, 0) is 25.0 Å². The van der Waals surface area contributed by atoms with Crippen molar-refractivity contribution in [2.24, 2.45) is 5.92 Å². The van der Waals surface area contributed by atoms with E-state index >= 15 is 0 Å². The zero-order valence-electron chi connectivity index (χ0n) is 13.5. The van der Waals surface area contributed by atoms with Crippen molar-refractivity contribution in [1.82, 2.24) is 5.32 Å². The highest BCUT2D eigenvalue weighted by Crippen LogP contribution is 2.18. The van der Waals surface area contributed by atoms with E-state index in [1.54, 1.807) is 19.3 Å². The van der Waals surface area contributed by atoms with E-state index < -0.39 is 5.97 Å². The van der Waals surface area contributed by atoms with Gasteiger partial charge < -0.3 is 14.8 Å². The van der Waals surface area contributed by atoms with Gasteiger partial charge in [-0.3, -0.25) is 4.79 Å². The SMILES string of the molecule is COc1ccccc1/C=C/C(=O)OCC(=O)N[C@@H](C)C(C)C. The van der Waals surface area contributed by atoms with Gasteiger partial charge in [0.25, 0.3) is 5.91 Å². The Bertz CT molecular complexity index is 537. The minimum atomic E-state index is -0.571. The molecule has 0 bridgehead atoms. The summed E-state index contributed by atoms with van der Waals surface area (Å²) in [5.74, 6) is 0.110. The van der Waals surface area contributed by atoms with Crippen molar-refractivity contribution < 1.29 is 19.1 Å². The molecular weight excluding hydrogens is 282 g/mol. The van der Waals surface area contributed by atoms with Gasteiger partial charge in [0.2, 0.25) is 0 Å². The van der Waals surface area contributed by atoms with E-state index in [-0.39, 0.29) is 18.6 Å². The number of esters is 1. The number of ether oxygens (including phenoxy) is 2. The summed E-state index contributed by atoms with van der Waals surface area (Å²) in [7, 11) is 1.56. The van der Waals surface area contributed by atoms with Crippen LogP contribution in [0, 0.1) is 5.92 Å². The lowest BCUT2D eigenvalue weighted by molar-refractivity contribution is -0.144. The highest BCUT2D eigenvalue weighted by Gasteiger charge is 2.11. The van der Waals surface area contributed by atoms with E-state index in [4.69, 9.17) is 9.47 Å². The Balaban J connectivity index is 2.46. The molecule has 0 aromatic heterocycles. The fraction of sp³-hybridized carbons (Fsp3) is 0.412. The van der Waals surface area contributed by atoms with Gasteiger partial charge >= 0.3 is 5.97 Å². The van der Waals surface area contributed by atoms with Gasteiger partial charge in [-0.2, -0.15) is 0 Å². The van der Waals surface area contributed by atoms with Gasteiger partial charge in [0, 0.05) is 17.7 Å². The molecule has 1 rings (SSSR count). The van der Waals surface area contributed by atoms with E-state index in [1.165, 1.54) is 6.08 Å². The minimum absolute atomic E-state index is 0.0373. The lowest BCUT2D eigenvalue weighted by atomic mass is 10.1. The molecule has 0 radical (unpaired) electrons. The molecule has 1 amide bonds. The van der Waals surface area contributed by atoms with Crippen molar-refractivity contribution in [3.63, 3.8) is 0 Å². The number of carbonyl (C=O) groups excluding carboxylic acids is 2. The summed E-state index contributed by atoms with van der Waals surface area (Å²) in [6, 6.07) is 7.34. The van der Waals surface area contributed by atoms with Crippen LogP contribution in [0.25, 0.3) is 6.08 Å². The molecule has 0 spiro atoms. The molecule has 1 aromatic carbocycles. The maximum absolute atomic E-state index is 11.6. The van der Waals surface area contributed by atoms with Crippen LogP contribution in [0.5, 0.6) is 5.75 Å². The van der Waals surface area contributed by atoms with Crippen LogP contribution in [0.2, 0.25) is 0 Å². The molecule has 120 valence electrons. The lowest BCUT2D eigenvalue weighted by Gasteiger charge is -2.16. The largest absolute Gasteiger partial charge is 0.496 e. The van der Waals surface area contributed by atoms with E-state index in [0.29, 0.717) is 11.7 Å². The van der Waals surface area contributed by atoms with E-state index in [1.807, 2.05) is 39.0 Å². The summed E-state index contributed by atoms with van der Waals surface area (Å²) >= 11 is 0. The molecule has 1 N–H and O–H groups in total. The second kappa shape index (κ2) is 8.87. The zero-order chi connectivity index (χ0) is 16.5. The number of amides is 1. The molecule has 5 nitrogen and oxygen atoms in total. The number of para-hydroxylation sites is 1. The average molecular weight is 305 g/mol. The quantitative estimate of drug-likeness (QED) is 0.620. The van der Waals surface area contributed by atoms with Crippen molar-refractivity contribution in [3.8, 4) is 5.75 Å². The summed E-state index contributed by atoms with van der Waals surface area (Å²) in [6.45, 7) is 5.64. The Morgan fingerprint density at radius 1 is 1.23 bits per heavy atom. The van der Waals surface area contributed by atoms with Gasteiger partial charge in [-0.25, -0.2) is 4.79 Å². The van der Waals surface area contributed by atoms with Gasteiger partial charge in [-0.15, -0.1) is 0 Å². The average Bonchev–Trinajstić information content (AvgIpc) is 2.50. The standard InChI is InChI=1S/C17H23NO4/c1-12(2)13(3)18-16(19)11-22-17(20)10-9-14-7-5-6-8-15(14)21-4/h5-10,12-13H,11H2,1-4H3,(H,18,19)/b10-9+/t13-/m0/s1. The van der Waals surface area contributed by atoms with E-state index in [0.717, 1.165) is 5.56 Å². The third-order valence-corrected chi connectivity index (χ3v) is 3.27. The number of methoxy groups -OCH3 is 1. The highest BCUT2D eigenvalue weighted by atomic mass is 16.5. The van der Waals surface area contributed by atoms with Crippen LogP contribution < -0.4 is 10.1 Å². The molecule has 0 unspecified atom stereocenters. The van der Waals surface area contributed by atoms with Gasteiger partial charge in [0.15, 0.2) is 6.61 Å².